The van der Waals surface area contributed by atoms with Crippen molar-refractivity contribution >= 4 is 21.5 Å². The van der Waals surface area contributed by atoms with E-state index in [2.05, 4.69) is 45.6 Å². The predicted molar refractivity (Wildman–Crippen MR) is 76.7 cm³/mol. The highest BCUT2D eigenvalue weighted by atomic mass is 31.0. The lowest BCUT2D eigenvalue weighted by molar-refractivity contribution is 0.112. The van der Waals surface area contributed by atoms with Gasteiger partial charge in [0.1, 0.15) is 5.82 Å². The molecule has 2 aromatic rings. The fraction of sp³-hybridized carbons (Fsp3) is 0.143. The molecule has 1 aromatic heterocycles. The Labute approximate surface area is 109 Å². The van der Waals surface area contributed by atoms with Gasteiger partial charge in [-0.2, -0.15) is 0 Å². The normalized spacial score (nSPS) is 10.1. The number of hydrogen-bond acceptors (Lipinski definition) is 3. The van der Waals surface area contributed by atoms with Crippen LogP contribution in [0.1, 0.15) is 21.5 Å². The molecule has 0 saturated carbocycles. The first-order valence-corrected chi connectivity index (χ1v) is 6.19. The lowest BCUT2D eigenvalue weighted by Gasteiger charge is -2.17. The number of benzene rings is 1. The summed E-state index contributed by atoms with van der Waals surface area (Å²) < 4.78 is 1.97. The van der Waals surface area contributed by atoms with Crippen LogP contribution >= 0.6 is 9.39 Å². The quantitative estimate of drug-likeness (QED) is 0.624. The second kappa shape index (κ2) is 5.74. The molecule has 0 spiro atoms. The van der Waals surface area contributed by atoms with E-state index in [1.807, 2.05) is 10.7 Å². The van der Waals surface area contributed by atoms with Gasteiger partial charge in [0.25, 0.3) is 0 Å². The monoisotopic (exact) mass is 258 g/mol. The van der Waals surface area contributed by atoms with Crippen molar-refractivity contribution in [3.63, 3.8) is 0 Å². The Morgan fingerprint density at radius 3 is 2.50 bits per heavy atom. The van der Waals surface area contributed by atoms with E-state index in [4.69, 9.17) is 0 Å². The van der Waals surface area contributed by atoms with Crippen LogP contribution in [0.5, 0.6) is 0 Å². The van der Waals surface area contributed by atoms with Gasteiger partial charge in [0, 0.05) is 18.3 Å². The minimum Gasteiger partial charge on any atom is -0.337 e. The summed E-state index contributed by atoms with van der Waals surface area (Å²) in [5.74, 6) is 0.825. The molecule has 1 atom stereocenters. The molecule has 92 valence electrons. The minimum absolute atomic E-state index is 0.590. The van der Waals surface area contributed by atoms with Crippen LogP contribution in [0.4, 0.5) is 5.82 Å². The van der Waals surface area contributed by atoms with Crippen LogP contribution in [0.15, 0.2) is 42.6 Å². The molecule has 18 heavy (non-hydrogen) atoms. The van der Waals surface area contributed by atoms with Crippen LogP contribution in [0, 0.1) is 6.92 Å². The summed E-state index contributed by atoms with van der Waals surface area (Å²) in [6.45, 7) is 2.83. The summed E-state index contributed by atoms with van der Waals surface area (Å²) in [6.07, 6.45) is 2.37. The predicted octanol–water partition coefficient (Wildman–Crippen LogP) is 3.00. The van der Waals surface area contributed by atoms with Gasteiger partial charge in [-0.1, -0.05) is 29.8 Å². The molecule has 2 rings (SSSR count). The number of carbonyl (C=O) groups is 1. The van der Waals surface area contributed by atoms with Crippen LogP contribution in [0.2, 0.25) is 0 Å². The Morgan fingerprint density at radius 2 is 1.94 bits per heavy atom. The van der Waals surface area contributed by atoms with Gasteiger partial charge in [0.15, 0.2) is 6.29 Å². The van der Waals surface area contributed by atoms with Crippen molar-refractivity contribution in [3.05, 3.63) is 59.3 Å². The van der Waals surface area contributed by atoms with Crippen molar-refractivity contribution in [3.8, 4) is 0 Å². The summed E-state index contributed by atoms with van der Waals surface area (Å²) in [7, 11) is 2.65. The molecular formula is C14H15N2OP. The Kier molecular flexibility index (Phi) is 4.06. The smallest absolute Gasteiger partial charge is 0.151 e. The van der Waals surface area contributed by atoms with Gasteiger partial charge in [-0.05, 0) is 34.0 Å². The second-order valence-electron chi connectivity index (χ2n) is 4.18. The van der Waals surface area contributed by atoms with E-state index in [1.165, 1.54) is 11.1 Å². The third-order valence-electron chi connectivity index (χ3n) is 2.67. The molecule has 0 aliphatic rings. The Bertz CT molecular complexity index is 522. The third-order valence-corrected chi connectivity index (χ3v) is 3.12. The van der Waals surface area contributed by atoms with Crippen LogP contribution in [-0.4, -0.2) is 11.3 Å². The largest absolute Gasteiger partial charge is 0.337 e. The number of aryl methyl sites for hydroxylation is 1. The van der Waals surface area contributed by atoms with Gasteiger partial charge in [0.2, 0.25) is 0 Å². The topological polar surface area (TPSA) is 33.2 Å². The van der Waals surface area contributed by atoms with Crippen molar-refractivity contribution in [2.75, 3.05) is 4.67 Å². The summed E-state index contributed by atoms with van der Waals surface area (Å²) in [5, 5.41) is 0. The molecule has 0 radical (unpaired) electrons. The highest BCUT2D eigenvalue weighted by Gasteiger charge is 2.03. The average molecular weight is 258 g/mol. The van der Waals surface area contributed by atoms with Crippen molar-refractivity contribution in [1.29, 1.82) is 0 Å². The molecular weight excluding hydrogens is 243 g/mol. The lowest BCUT2D eigenvalue weighted by atomic mass is 10.1. The van der Waals surface area contributed by atoms with E-state index in [0.29, 0.717) is 5.56 Å². The first-order chi connectivity index (χ1) is 8.69. The zero-order valence-corrected chi connectivity index (χ0v) is 11.4. The maximum absolute atomic E-state index is 10.6. The maximum Gasteiger partial charge on any atom is 0.151 e. The Balaban J connectivity index is 2.08. The number of hydrogen-bond donors (Lipinski definition) is 0. The molecule has 0 aliphatic carbocycles. The fourth-order valence-electron chi connectivity index (χ4n) is 1.61. The van der Waals surface area contributed by atoms with Gasteiger partial charge >= 0.3 is 0 Å². The minimum atomic E-state index is 0.590. The first-order valence-electron chi connectivity index (χ1n) is 5.68. The number of nitrogens with zero attached hydrogens (tertiary/aromatic N) is 2. The van der Waals surface area contributed by atoms with Crippen LogP contribution < -0.4 is 4.67 Å². The number of pyridine rings is 1. The zero-order valence-electron chi connectivity index (χ0n) is 10.2. The summed E-state index contributed by atoms with van der Waals surface area (Å²) in [4.78, 5) is 14.8. The van der Waals surface area contributed by atoms with Crippen LogP contribution in [0.3, 0.4) is 0 Å². The van der Waals surface area contributed by atoms with Gasteiger partial charge in [-0.3, -0.25) is 4.79 Å². The number of rotatable bonds is 4. The third kappa shape index (κ3) is 3.14. The summed E-state index contributed by atoms with van der Waals surface area (Å²) in [5.41, 5.74) is 3.06. The molecule has 1 unspecified atom stereocenters. The molecule has 0 bridgehead atoms. The summed E-state index contributed by atoms with van der Waals surface area (Å²) >= 11 is 0. The first kappa shape index (κ1) is 12.7. The maximum atomic E-state index is 10.6. The van der Waals surface area contributed by atoms with E-state index in [-0.39, 0.29) is 0 Å². The van der Waals surface area contributed by atoms with Crippen molar-refractivity contribution in [2.24, 2.45) is 0 Å². The van der Waals surface area contributed by atoms with E-state index in [1.54, 1.807) is 12.3 Å². The molecule has 1 heterocycles. The van der Waals surface area contributed by atoms with E-state index >= 15 is 0 Å². The van der Waals surface area contributed by atoms with Gasteiger partial charge < -0.3 is 4.67 Å². The van der Waals surface area contributed by atoms with Crippen molar-refractivity contribution in [2.45, 2.75) is 13.5 Å². The van der Waals surface area contributed by atoms with Crippen LogP contribution in [0.25, 0.3) is 0 Å². The van der Waals surface area contributed by atoms with E-state index in [9.17, 15) is 4.79 Å². The number of anilines is 1. The molecule has 3 nitrogen and oxygen atoms in total. The van der Waals surface area contributed by atoms with Gasteiger partial charge in [-0.25, -0.2) is 4.98 Å². The van der Waals surface area contributed by atoms with E-state index < -0.39 is 0 Å². The Hall–Kier alpha value is -1.73. The van der Waals surface area contributed by atoms with Crippen LogP contribution in [-0.2, 0) is 6.54 Å². The molecule has 0 amide bonds. The van der Waals surface area contributed by atoms with E-state index in [0.717, 1.165) is 18.6 Å². The fourth-order valence-corrected chi connectivity index (χ4v) is 1.97. The highest BCUT2D eigenvalue weighted by Crippen LogP contribution is 2.18. The van der Waals surface area contributed by atoms with Gasteiger partial charge in [0.05, 0.1) is 0 Å². The second-order valence-corrected chi connectivity index (χ2v) is 4.80. The molecule has 4 heteroatoms. The molecule has 0 saturated heterocycles. The molecule has 0 aliphatic heterocycles. The van der Waals surface area contributed by atoms with Gasteiger partial charge in [-0.15, -0.1) is 0 Å². The molecule has 1 aromatic carbocycles. The lowest BCUT2D eigenvalue weighted by Crippen LogP contribution is -2.10. The summed E-state index contributed by atoms with van der Waals surface area (Å²) in [6, 6.07) is 12.0. The number of aldehydes is 1. The molecule has 0 N–H and O–H groups in total. The Morgan fingerprint density at radius 1 is 1.22 bits per heavy atom. The standard InChI is InChI=1S/C14H15N2OP/c1-11-2-4-12(5-3-11)9-16(18)14-7-6-13(10-17)8-15-14/h2-8,10H,9,18H2,1H3. The molecule has 0 fully saturated rings. The highest BCUT2D eigenvalue weighted by molar-refractivity contribution is 7.19. The number of aromatic nitrogens is 1. The SMILES string of the molecule is Cc1ccc(CN(P)c2ccc(C=O)cn2)cc1. The number of carbonyl (C=O) groups excluding carboxylic acids is 1. The average Bonchev–Trinajstić information content (AvgIpc) is 2.41. The van der Waals surface area contributed by atoms with Crippen molar-refractivity contribution < 1.29 is 4.79 Å². The van der Waals surface area contributed by atoms with Crippen molar-refractivity contribution in [1.82, 2.24) is 4.98 Å². The zero-order chi connectivity index (χ0) is 13.0.